The minimum absolute atomic E-state index is 0.709. The van der Waals surface area contributed by atoms with E-state index in [-0.39, 0.29) is 0 Å². The van der Waals surface area contributed by atoms with Crippen molar-refractivity contribution in [3.05, 3.63) is 46.4 Å². The van der Waals surface area contributed by atoms with Crippen LogP contribution in [0.4, 0.5) is 0 Å². The summed E-state index contributed by atoms with van der Waals surface area (Å²) in [7, 11) is 0. The van der Waals surface area contributed by atoms with Gasteiger partial charge in [0.2, 0.25) is 0 Å². The molecule has 1 aliphatic heterocycles. The van der Waals surface area contributed by atoms with Crippen LogP contribution < -0.4 is 4.74 Å². The van der Waals surface area contributed by atoms with Crippen LogP contribution in [0.25, 0.3) is 0 Å². The summed E-state index contributed by atoms with van der Waals surface area (Å²) in [6, 6.07) is 11.2. The van der Waals surface area contributed by atoms with E-state index in [1.54, 1.807) is 11.8 Å². The van der Waals surface area contributed by atoms with Gasteiger partial charge in [-0.3, -0.25) is 0 Å². The number of ether oxygens (including phenoxy) is 1. The molecule has 0 saturated heterocycles. The van der Waals surface area contributed by atoms with Crippen LogP contribution in [-0.2, 0) is 0 Å². The standard InChI is InChI=1S/C12H6Cl2OS/c13-7-1-3-9-11(5-7)16-12-6-8(14)2-4-10(12)15-9/h1-6H. The van der Waals surface area contributed by atoms with Crippen LogP contribution in [0.5, 0.6) is 11.5 Å². The lowest BCUT2D eigenvalue weighted by molar-refractivity contribution is 0.454. The number of rotatable bonds is 0. The molecule has 0 atom stereocenters. The molecule has 0 N–H and O–H groups in total. The van der Waals surface area contributed by atoms with Crippen LogP contribution in [0.1, 0.15) is 0 Å². The fourth-order valence-electron chi connectivity index (χ4n) is 1.53. The Bertz CT molecular complexity index is 519. The van der Waals surface area contributed by atoms with Gasteiger partial charge in [-0.2, -0.15) is 0 Å². The largest absolute Gasteiger partial charge is 0.455 e. The first-order chi connectivity index (χ1) is 7.72. The van der Waals surface area contributed by atoms with E-state index < -0.39 is 0 Å². The smallest absolute Gasteiger partial charge is 0.141 e. The topological polar surface area (TPSA) is 9.23 Å². The van der Waals surface area contributed by atoms with Crippen LogP contribution >= 0.6 is 35.0 Å². The predicted octanol–water partition coefficient (Wildman–Crippen LogP) is 5.25. The van der Waals surface area contributed by atoms with Gasteiger partial charge in [0.1, 0.15) is 11.5 Å². The van der Waals surface area contributed by atoms with Gasteiger partial charge in [-0.05, 0) is 36.4 Å². The monoisotopic (exact) mass is 268 g/mol. The molecule has 0 radical (unpaired) electrons. The average Bonchev–Trinajstić information content (AvgIpc) is 2.26. The maximum absolute atomic E-state index is 5.94. The summed E-state index contributed by atoms with van der Waals surface area (Å²) in [4.78, 5) is 2.03. The molecule has 0 saturated carbocycles. The third-order valence-corrected chi connectivity index (χ3v) is 3.80. The summed E-state index contributed by atoms with van der Waals surface area (Å²) in [5.74, 6) is 1.67. The van der Waals surface area contributed by atoms with Crippen molar-refractivity contribution in [2.45, 2.75) is 9.79 Å². The quantitative estimate of drug-likeness (QED) is 0.551. The van der Waals surface area contributed by atoms with E-state index in [0.29, 0.717) is 10.0 Å². The Labute approximate surface area is 107 Å². The molecular formula is C12H6Cl2OS. The van der Waals surface area contributed by atoms with Crippen molar-refractivity contribution in [3.8, 4) is 11.5 Å². The van der Waals surface area contributed by atoms with E-state index in [9.17, 15) is 0 Å². The second kappa shape index (κ2) is 3.88. The normalized spacial score (nSPS) is 12.6. The third-order valence-electron chi connectivity index (χ3n) is 2.25. The molecule has 0 fully saturated rings. The zero-order valence-corrected chi connectivity index (χ0v) is 10.4. The van der Waals surface area contributed by atoms with Crippen molar-refractivity contribution < 1.29 is 4.74 Å². The van der Waals surface area contributed by atoms with Crippen LogP contribution in [0.15, 0.2) is 46.2 Å². The molecule has 2 aromatic rings. The van der Waals surface area contributed by atoms with Gasteiger partial charge >= 0.3 is 0 Å². The van der Waals surface area contributed by atoms with Crippen molar-refractivity contribution >= 4 is 35.0 Å². The van der Waals surface area contributed by atoms with Crippen molar-refractivity contribution in [1.29, 1.82) is 0 Å². The first-order valence-corrected chi connectivity index (χ1v) is 6.24. The minimum Gasteiger partial charge on any atom is -0.455 e. The van der Waals surface area contributed by atoms with Crippen molar-refractivity contribution in [2.24, 2.45) is 0 Å². The molecule has 0 spiro atoms. The number of hydrogen-bond donors (Lipinski definition) is 0. The lowest BCUT2D eigenvalue weighted by Crippen LogP contribution is -1.94. The summed E-state index contributed by atoms with van der Waals surface area (Å²) in [5, 5.41) is 1.42. The first kappa shape index (κ1) is 10.3. The molecule has 1 aliphatic rings. The average molecular weight is 269 g/mol. The Morgan fingerprint density at radius 2 is 1.31 bits per heavy atom. The van der Waals surface area contributed by atoms with E-state index >= 15 is 0 Å². The van der Waals surface area contributed by atoms with Crippen LogP contribution in [0, 0.1) is 0 Å². The Morgan fingerprint density at radius 1 is 0.812 bits per heavy atom. The van der Waals surface area contributed by atoms with Gasteiger partial charge in [0, 0.05) is 10.0 Å². The van der Waals surface area contributed by atoms with E-state index in [1.807, 2.05) is 36.4 Å². The zero-order valence-electron chi connectivity index (χ0n) is 8.04. The fraction of sp³-hybridized carbons (Fsp3) is 0. The second-order valence-corrected chi connectivity index (χ2v) is 5.34. The van der Waals surface area contributed by atoms with Gasteiger partial charge in [-0.1, -0.05) is 35.0 Å². The molecule has 0 unspecified atom stereocenters. The third kappa shape index (κ3) is 1.77. The molecule has 0 bridgehead atoms. The Morgan fingerprint density at radius 3 is 1.81 bits per heavy atom. The summed E-state index contributed by atoms with van der Waals surface area (Å²) in [6.07, 6.45) is 0. The van der Waals surface area contributed by atoms with Crippen molar-refractivity contribution in [2.75, 3.05) is 0 Å². The molecule has 0 aromatic heterocycles. The molecule has 80 valence electrons. The summed E-state index contributed by atoms with van der Waals surface area (Å²) >= 11 is 13.5. The molecule has 3 rings (SSSR count). The number of benzene rings is 2. The van der Waals surface area contributed by atoms with Crippen LogP contribution in [0.3, 0.4) is 0 Å². The molecular weight excluding hydrogens is 263 g/mol. The van der Waals surface area contributed by atoms with Gasteiger partial charge in [-0.15, -0.1) is 0 Å². The Hall–Kier alpha value is -0.830. The molecule has 4 heteroatoms. The maximum atomic E-state index is 5.94. The molecule has 1 heterocycles. The van der Waals surface area contributed by atoms with E-state index in [4.69, 9.17) is 27.9 Å². The number of hydrogen-bond acceptors (Lipinski definition) is 2. The molecule has 0 aliphatic carbocycles. The predicted molar refractivity (Wildman–Crippen MR) is 67.1 cm³/mol. The van der Waals surface area contributed by atoms with E-state index in [2.05, 4.69) is 0 Å². The van der Waals surface area contributed by atoms with Crippen molar-refractivity contribution in [1.82, 2.24) is 0 Å². The summed E-state index contributed by atoms with van der Waals surface area (Å²) in [6.45, 7) is 0. The number of fused-ring (bicyclic) bond motifs is 2. The molecule has 1 nitrogen and oxygen atoms in total. The highest BCUT2D eigenvalue weighted by molar-refractivity contribution is 7.99. The highest BCUT2D eigenvalue weighted by Gasteiger charge is 2.17. The van der Waals surface area contributed by atoms with Crippen molar-refractivity contribution in [3.63, 3.8) is 0 Å². The van der Waals surface area contributed by atoms with E-state index in [0.717, 1.165) is 21.3 Å². The van der Waals surface area contributed by atoms with Crippen LogP contribution in [-0.4, -0.2) is 0 Å². The van der Waals surface area contributed by atoms with Gasteiger partial charge in [0.15, 0.2) is 0 Å². The molecule has 2 aromatic carbocycles. The maximum Gasteiger partial charge on any atom is 0.141 e. The lowest BCUT2D eigenvalue weighted by Gasteiger charge is -2.19. The Kier molecular flexibility index (Phi) is 2.51. The summed E-state index contributed by atoms with van der Waals surface area (Å²) < 4.78 is 5.75. The highest BCUT2D eigenvalue weighted by atomic mass is 35.5. The number of halogens is 2. The SMILES string of the molecule is Clc1ccc2c(c1)Sc1cc(Cl)ccc1O2. The van der Waals surface area contributed by atoms with Gasteiger partial charge in [0.25, 0.3) is 0 Å². The second-order valence-electron chi connectivity index (χ2n) is 3.39. The highest BCUT2D eigenvalue weighted by Crippen LogP contribution is 2.48. The fourth-order valence-corrected chi connectivity index (χ4v) is 3.03. The minimum atomic E-state index is 0.709. The summed E-state index contributed by atoms with van der Waals surface area (Å²) in [5.41, 5.74) is 0. The van der Waals surface area contributed by atoms with E-state index in [1.165, 1.54) is 0 Å². The first-order valence-electron chi connectivity index (χ1n) is 4.67. The van der Waals surface area contributed by atoms with Gasteiger partial charge in [0.05, 0.1) is 9.79 Å². The molecule has 16 heavy (non-hydrogen) atoms. The lowest BCUT2D eigenvalue weighted by atomic mass is 10.3. The van der Waals surface area contributed by atoms with Gasteiger partial charge < -0.3 is 4.74 Å². The Balaban J connectivity index is 2.10. The van der Waals surface area contributed by atoms with Crippen LogP contribution in [0.2, 0.25) is 10.0 Å². The molecule has 0 amide bonds. The van der Waals surface area contributed by atoms with Gasteiger partial charge in [-0.25, -0.2) is 0 Å². The zero-order chi connectivity index (χ0) is 11.1.